The smallest absolute Gasteiger partial charge is 0.261 e. The molecular weight excluding hydrogens is 309 g/mol. The maximum atomic E-state index is 13.6. The zero-order chi connectivity index (χ0) is 15.3. The van der Waals surface area contributed by atoms with Crippen LogP contribution in [0.5, 0.6) is 5.75 Å². The summed E-state index contributed by atoms with van der Waals surface area (Å²) in [7, 11) is 1.05. The van der Waals surface area contributed by atoms with Crippen molar-refractivity contribution in [2.75, 3.05) is 6.54 Å². The lowest BCUT2D eigenvalue weighted by atomic mass is 10.3. The van der Waals surface area contributed by atoms with Crippen LogP contribution in [0, 0.1) is 18.2 Å². The zero-order valence-corrected chi connectivity index (χ0v) is 12.0. The van der Waals surface area contributed by atoms with Crippen molar-refractivity contribution in [2.24, 2.45) is 0 Å². The van der Waals surface area contributed by atoms with Gasteiger partial charge in [0.15, 0.2) is 17.7 Å². The van der Waals surface area contributed by atoms with Crippen LogP contribution in [-0.2, 0) is 13.8 Å². The number of carbonyl (C=O) groups excluding carboxylic acids is 1. The fraction of sp³-hybridized carbons (Fsp3) is 0.250. The molecule has 0 heterocycles. The Labute approximate surface area is 120 Å². The Hall–Kier alpha value is -1.78. The highest BCUT2D eigenvalue weighted by molar-refractivity contribution is 8.13. The first-order valence-electron chi connectivity index (χ1n) is 5.37. The summed E-state index contributed by atoms with van der Waals surface area (Å²) in [6.07, 6.45) is 3.99. The molecule has 5 nitrogen and oxygen atoms in total. The van der Waals surface area contributed by atoms with Gasteiger partial charge in [0.2, 0.25) is 0 Å². The maximum Gasteiger partial charge on any atom is 0.261 e. The standard InChI is InChI=1S/C12H11ClFNO4S/c1-3-6-15-12(16)8(2)19-11-5-4-9(7-10(11)14)20(13,17)18/h1,4-5,7-8H,6H2,2H3,(H,15,16). The summed E-state index contributed by atoms with van der Waals surface area (Å²) in [6, 6.07) is 2.87. The lowest BCUT2D eigenvalue weighted by molar-refractivity contribution is -0.127. The Morgan fingerprint density at radius 2 is 2.25 bits per heavy atom. The summed E-state index contributed by atoms with van der Waals surface area (Å²) in [5.41, 5.74) is 0. The van der Waals surface area contributed by atoms with Gasteiger partial charge in [0.1, 0.15) is 0 Å². The van der Waals surface area contributed by atoms with Gasteiger partial charge in [-0.2, -0.15) is 0 Å². The monoisotopic (exact) mass is 319 g/mol. The average molecular weight is 320 g/mol. The second kappa shape index (κ2) is 6.59. The van der Waals surface area contributed by atoms with E-state index in [4.69, 9.17) is 21.8 Å². The van der Waals surface area contributed by atoms with Gasteiger partial charge in [-0.25, -0.2) is 12.8 Å². The predicted octanol–water partition coefficient (Wildman–Crippen LogP) is 1.27. The third kappa shape index (κ3) is 4.40. The van der Waals surface area contributed by atoms with Crippen molar-refractivity contribution in [3.8, 4) is 18.1 Å². The van der Waals surface area contributed by atoms with Crippen LogP contribution in [0.3, 0.4) is 0 Å². The van der Waals surface area contributed by atoms with Crippen LogP contribution in [0.1, 0.15) is 6.92 Å². The van der Waals surface area contributed by atoms with E-state index in [2.05, 4.69) is 11.2 Å². The van der Waals surface area contributed by atoms with Crippen molar-refractivity contribution in [3.05, 3.63) is 24.0 Å². The lowest BCUT2D eigenvalue weighted by Crippen LogP contribution is -2.36. The van der Waals surface area contributed by atoms with Crippen molar-refractivity contribution in [1.29, 1.82) is 0 Å². The minimum atomic E-state index is -4.02. The van der Waals surface area contributed by atoms with Crippen molar-refractivity contribution >= 4 is 25.6 Å². The Kier molecular flexibility index (Phi) is 5.36. The third-order valence-electron chi connectivity index (χ3n) is 2.22. The summed E-state index contributed by atoms with van der Waals surface area (Å²) in [4.78, 5) is 11.1. The average Bonchev–Trinajstić information content (AvgIpc) is 2.36. The summed E-state index contributed by atoms with van der Waals surface area (Å²) in [6.45, 7) is 1.43. The summed E-state index contributed by atoms with van der Waals surface area (Å²) in [5.74, 6) is 0.485. The Morgan fingerprint density at radius 1 is 1.60 bits per heavy atom. The zero-order valence-electron chi connectivity index (χ0n) is 10.4. The number of rotatable bonds is 5. The van der Waals surface area contributed by atoms with Gasteiger partial charge in [-0.3, -0.25) is 4.79 Å². The minimum Gasteiger partial charge on any atom is -0.478 e. The molecule has 0 fully saturated rings. The van der Waals surface area contributed by atoms with Crippen LogP contribution in [0.15, 0.2) is 23.1 Å². The van der Waals surface area contributed by atoms with Crippen molar-refractivity contribution < 1.29 is 22.3 Å². The summed E-state index contributed by atoms with van der Waals surface area (Å²) >= 11 is 0. The number of hydrogen-bond donors (Lipinski definition) is 1. The van der Waals surface area contributed by atoms with E-state index in [0.717, 1.165) is 12.1 Å². The van der Waals surface area contributed by atoms with Gasteiger partial charge in [0.05, 0.1) is 11.4 Å². The molecule has 108 valence electrons. The fourth-order valence-corrected chi connectivity index (χ4v) is 2.02. The first-order chi connectivity index (χ1) is 9.25. The van der Waals surface area contributed by atoms with E-state index in [1.165, 1.54) is 6.92 Å². The molecule has 1 aromatic rings. The molecule has 0 aromatic heterocycles. The van der Waals surface area contributed by atoms with E-state index >= 15 is 0 Å². The minimum absolute atomic E-state index is 0.0262. The number of halogens is 2. The molecule has 1 aromatic carbocycles. The molecule has 1 rings (SSSR count). The highest BCUT2D eigenvalue weighted by Crippen LogP contribution is 2.24. The second-order valence-electron chi connectivity index (χ2n) is 3.71. The molecule has 0 bridgehead atoms. The number of benzene rings is 1. The molecule has 1 amide bonds. The maximum absolute atomic E-state index is 13.6. The SMILES string of the molecule is C#CCNC(=O)C(C)Oc1ccc(S(=O)(=O)Cl)cc1F. The molecule has 1 atom stereocenters. The molecule has 0 aliphatic heterocycles. The van der Waals surface area contributed by atoms with Gasteiger partial charge in [0, 0.05) is 10.7 Å². The number of nitrogens with one attached hydrogen (secondary N) is 1. The van der Waals surface area contributed by atoms with E-state index in [1.54, 1.807) is 0 Å². The number of terminal acetylenes is 1. The highest BCUT2D eigenvalue weighted by Gasteiger charge is 2.18. The molecule has 8 heteroatoms. The fourth-order valence-electron chi connectivity index (χ4n) is 1.25. The molecule has 0 saturated carbocycles. The van der Waals surface area contributed by atoms with E-state index in [9.17, 15) is 17.6 Å². The predicted molar refractivity (Wildman–Crippen MR) is 71.4 cm³/mol. The molecule has 1 unspecified atom stereocenters. The number of carbonyl (C=O) groups is 1. The van der Waals surface area contributed by atoms with Gasteiger partial charge in [0.25, 0.3) is 15.0 Å². The van der Waals surface area contributed by atoms with Gasteiger partial charge < -0.3 is 10.1 Å². The van der Waals surface area contributed by atoms with Crippen molar-refractivity contribution in [3.63, 3.8) is 0 Å². The van der Waals surface area contributed by atoms with Crippen LogP contribution in [0.25, 0.3) is 0 Å². The van der Waals surface area contributed by atoms with Crippen LogP contribution >= 0.6 is 10.7 Å². The first-order valence-corrected chi connectivity index (χ1v) is 7.68. The van der Waals surface area contributed by atoms with E-state index in [-0.39, 0.29) is 12.3 Å². The molecule has 0 aliphatic rings. The molecule has 0 aliphatic carbocycles. The van der Waals surface area contributed by atoms with Gasteiger partial charge in [-0.05, 0) is 25.1 Å². The van der Waals surface area contributed by atoms with Gasteiger partial charge >= 0.3 is 0 Å². The van der Waals surface area contributed by atoms with Gasteiger partial charge in [-0.15, -0.1) is 6.42 Å². The molecule has 0 saturated heterocycles. The Morgan fingerprint density at radius 3 is 2.75 bits per heavy atom. The largest absolute Gasteiger partial charge is 0.478 e. The number of ether oxygens (including phenoxy) is 1. The Balaban J connectivity index is 2.84. The van der Waals surface area contributed by atoms with Crippen molar-refractivity contribution in [2.45, 2.75) is 17.9 Å². The highest BCUT2D eigenvalue weighted by atomic mass is 35.7. The van der Waals surface area contributed by atoms with Crippen LogP contribution < -0.4 is 10.1 Å². The van der Waals surface area contributed by atoms with E-state index in [0.29, 0.717) is 6.07 Å². The van der Waals surface area contributed by atoms with Crippen LogP contribution in [-0.4, -0.2) is 27.0 Å². The molecule has 20 heavy (non-hydrogen) atoms. The van der Waals surface area contributed by atoms with E-state index < -0.39 is 31.8 Å². The summed E-state index contributed by atoms with van der Waals surface area (Å²) < 4.78 is 40.8. The van der Waals surface area contributed by atoms with Crippen molar-refractivity contribution in [1.82, 2.24) is 5.32 Å². The molecular formula is C12H11ClFNO4S. The van der Waals surface area contributed by atoms with Crippen LogP contribution in [0.2, 0.25) is 0 Å². The second-order valence-corrected chi connectivity index (χ2v) is 6.28. The molecule has 1 N–H and O–H groups in total. The first kappa shape index (κ1) is 16.3. The molecule has 0 radical (unpaired) electrons. The lowest BCUT2D eigenvalue weighted by Gasteiger charge is -2.14. The van der Waals surface area contributed by atoms with E-state index in [1.807, 2.05) is 0 Å². The normalized spacial score (nSPS) is 12.3. The Bertz CT molecular complexity index is 654. The summed E-state index contributed by atoms with van der Waals surface area (Å²) in [5, 5.41) is 2.37. The number of amides is 1. The number of hydrogen-bond acceptors (Lipinski definition) is 4. The molecule has 0 spiro atoms. The quantitative estimate of drug-likeness (QED) is 0.655. The third-order valence-corrected chi connectivity index (χ3v) is 3.57. The van der Waals surface area contributed by atoms with Gasteiger partial charge in [-0.1, -0.05) is 5.92 Å². The topological polar surface area (TPSA) is 72.5 Å². The van der Waals surface area contributed by atoms with Crippen LogP contribution in [0.4, 0.5) is 4.39 Å².